The van der Waals surface area contributed by atoms with E-state index >= 15 is 0 Å². The van der Waals surface area contributed by atoms with E-state index in [4.69, 9.17) is 5.26 Å². The molecule has 1 aromatic carbocycles. The monoisotopic (exact) mass is 287 g/mol. The van der Waals surface area contributed by atoms with Crippen LogP contribution in [0.3, 0.4) is 0 Å². The number of hydrogen-bond acceptors (Lipinski definition) is 1. The standard InChI is InChI=1S/C9H7Br2N/c1-6-2-7(9(11)5-12)4-8(10)3-6/h2-4,9H,1H3. The van der Waals surface area contributed by atoms with Crippen molar-refractivity contribution in [3.63, 3.8) is 0 Å². The van der Waals surface area contributed by atoms with Crippen molar-refractivity contribution in [3.05, 3.63) is 33.8 Å². The maximum atomic E-state index is 8.66. The molecule has 0 heterocycles. The van der Waals surface area contributed by atoms with Crippen molar-refractivity contribution < 1.29 is 0 Å². The normalized spacial score (nSPS) is 12.2. The van der Waals surface area contributed by atoms with Gasteiger partial charge >= 0.3 is 0 Å². The molecule has 1 atom stereocenters. The SMILES string of the molecule is Cc1cc(Br)cc(C(Br)C#N)c1. The summed E-state index contributed by atoms with van der Waals surface area (Å²) in [5, 5.41) is 8.66. The first-order chi connectivity index (χ1) is 5.63. The fourth-order valence-electron chi connectivity index (χ4n) is 0.985. The lowest BCUT2D eigenvalue weighted by atomic mass is 10.1. The minimum atomic E-state index is -0.214. The van der Waals surface area contributed by atoms with Crippen LogP contribution in [0.1, 0.15) is 16.0 Å². The lowest BCUT2D eigenvalue weighted by Crippen LogP contribution is -1.86. The third kappa shape index (κ3) is 2.33. The van der Waals surface area contributed by atoms with E-state index in [1.165, 1.54) is 0 Å². The van der Waals surface area contributed by atoms with Gasteiger partial charge in [-0.3, -0.25) is 0 Å². The Bertz CT molecular complexity index is 308. The molecule has 0 fully saturated rings. The van der Waals surface area contributed by atoms with Gasteiger partial charge < -0.3 is 0 Å². The molecule has 0 aliphatic rings. The van der Waals surface area contributed by atoms with Crippen molar-refractivity contribution in [2.24, 2.45) is 0 Å². The fourth-order valence-corrected chi connectivity index (χ4v) is 1.88. The molecule has 3 heteroatoms. The predicted molar refractivity (Wildman–Crippen MR) is 56.2 cm³/mol. The Kier molecular flexibility index (Phi) is 3.30. The maximum Gasteiger partial charge on any atom is 0.126 e. The van der Waals surface area contributed by atoms with Gasteiger partial charge in [0.15, 0.2) is 0 Å². The minimum absolute atomic E-state index is 0.214. The van der Waals surface area contributed by atoms with E-state index in [1.807, 2.05) is 25.1 Å². The summed E-state index contributed by atoms with van der Waals surface area (Å²) in [6.07, 6.45) is 0. The summed E-state index contributed by atoms with van der Waals surface area (Å²) in [6, 6.07) is 8.08. The molecule has 0 spiro atoms. The van der Waals surface area contributed by atoms with Crippen molar-refractivity contribution in [1.29, 1.82) is 5.26 Å². The first-order valence-corrected chi connectivity index (χ1v) is 5.15. The van der Waals surface area contributed by atoms with Gasteiger partial charge in [0.05, 0.1) is 6.07 Å². The zero-order valence-electron chi connectivity index (χ0n) is 6.51. The van der Waals surface area contributed by atoms with Gasteiger partial charge in [-0.05, 0) is 30.2 Å². The molecule has 0 aromatic heterocycles. The number of aryl methyl sites for hydroxylation is 1. The van der Waals surface area contributed by atoms with Gasteiger partial charge in [0.2, 0.25) is 0 Å². The Labute approximate surface area is 88.7 Å². The molecule has 0 saturated carbocycles. The Hall–Kier alpha value is -0.330. The summed E-state index contributed by atoms with van der Waals surface area (Å²) in [6.45, 7) is 2.01. The number of rotatable bonds is 1. The van der Waals surface area contributed by atoms with Crippen molar-refractivity contribution in [1.82, 2.24) is 0 Å². The third-order valence-corrected chi connectivity index (χ3v) is 2.66. The largest absolute Gasteiger partial charge is 0.197 e. The average Bonchev–Trinajstić information content (AvgIpc) is 2.01. The van der Waals surface area contributed by atoms with Crippen molar-refractivity contribution in [2.45, 2.75) is 11.8 Å². The summed E-state index contributed by atoms with van der Waals surface area (Å²) < 4.78 is 1.01. The number of alkyl halides is 1. The highest BCUT2D eigenvalue weighted by molar-refractivity contribution is 9.10. The molecule has 62 valence electrons. The van der Waals surface area contributed by atoms with Crippen LogP contribution in [-0.2, 0) is 0 Å². The molecule has 0 saturated heterocycles. The van der Waals surface area contributed by atoms with Crippen molar-refractivity contribution >= 4 is 31.9 Å². The van der Waals surface area contributed by atoms with Gasteiger partial charge in [-0.2, -0.15) is 5.26 Å². The summed E-state index contributed by atoms with van der Waals surface area (Å²) in [4.78, 5) is -0.214. The van der Waals surface area contributed by atoms with Crippen LogP contribution in [0.2, 0.25) is 0 Å². The Morgan fingerprint density at radius 3 is 2.58 bits per heavy atom. The van der Waals surface area contributed by atoms with Crippen LogP contribution >= 0.6 is 31.9 Å². The molecular weight excluding hydrogens is 282 g/mol. The van der Waals surface area contributed by atoms with E-state index in [0.717, 1.165) is 15.6 Å². The second-order valence-corrected chi connectivity index (χ2v) is 4.38. The second-order valence-electron chi connectivity index (χ2n) is 2.55. The van der Waals surface area contributed by atoms with Crippen LogP contribution in [0.4, 0.5) is 0 Å². The molecule has 1 aromatic rings. The van der Waals surface area contributed by atoms with E-state index in [0.29, 0.717) is 0 Å². The Morgan fingerprint density at radius 1 is 1.42 bits per heavy atom. The van der Waals surface area contributed by atoms with Crippen LogP contribution in [-0.4, -0.2) is 0 Å². The fraction of sp³-hybridized carbons (Fsp3) is 0.222. The summed E-state index contributed by atoms with van der Waals surface area (Å²) in [5.74, 6) is 0. The van der Waals surface area contributed by atoms with Crippen LogP contribution in [0.15, 0.2) is 22.7 Å². The number of benzene rings is 1. The zero-order valence-corrected chi connectivity index (χ0v) is 9.68. The van der Waals surface area contributed by atoms with Gasteiger partial charge in [-0.15, -0.1) is 0 Å². The molecule has 0 radical (unpaired) electrons. The van der Waals surface area contributed by atoms with Gasteiger partial charge in [0.1, 0.15) is 4.83 Å². The van der Waals surface area contributed by atoms with Gasteiger partial charge in [-0.1, -0.05) is 37.9 Å². The first-order valence-electron chi connectivity index (χ1n) is 3.44. The summed E-state index contributed by atoms with van der Waals surface area (Å²) in [7, 11) is 0. The highest BCUT2D eigenvalue weighted by Gasteiger charge is 2.06. The van der Waals surface area contributed by atoms with Crippen LogP contribution in [0.25, 0.3) is 0 Å². The second kappa shape index (κ2) is 4.06. The Balaban J connectivity index is 3.10. The Morgan fingerprint density at radius 2 is 2.08 bits per heavy atom. The molecule has 1 unspecified atom stereocenters. The first kappa shape index (κ1) is 9.76. The topological polar surface area (TPSA) is 23.8 Å². The maximum absolute atomic E-state index is 8.66. The van der Waals surface area contributed by atoms with E-state index in [-0.39, 0.29) is 4.83 Å². The molecule has 1 rings (SSSR count). The number of nitriles is 1. The molecule has 0 amide bonds. The quantitative estimate of drug-likeness (QED) is 0.723. The van der Waals surface area contributed by atoms with Gasteiger partial charge in [-0.25, -0.2) is 0 Å². The van der Waals surface area contributed by atoms with Crippen LogP contribution in [0, 0.1) is 18.3 Å². The summed E-state index contributed by atoms with van der Waals surface area (Å²) in [5.41, 5.74) is 2.14. The molecule has 1 nitrogen and oxygen atoms in total. The van der Waals surface area contributed by atoms with Crippen LogP contribution in [0.5, 0.6) is 0 Å². The number of halogens is 2. The average molecular weight is 289 g/mol. The number of nitrogens with zero attached hydrogens (tertiary/aromatic N) is 1. The predicted octanol–water partition coefficient (Wildman–Crippen LogP) is 3.72. The zero-order chi connectivity index (χ0) is 9.14. The highest BCUT2D eigenvalue weighted by atomic mass is 79.9. The van der Waals surface area contributed by atoms with E-state index in [2.05, 4.69) is 37.9 Å². The molecule has 0 aliphatic heterocycles. The molecule has 0 bridgehead atoms. The minimum Gasteiger partial charge on any atom is -0.197 e. The lowest BCUT2D eigenvalue weighted by molar-refractivity contribution is 1.23. The van der Waals surface area contributed by atoms with Crippen molar-refractivity contribution in [3.8, 4) is 6.07 Å². The van der Waals surface area contributed by atoms with Gasteiger partial charge in [0.25, 0.3) is 0 Å². The van der Waals surface area contributed by atoms with Gasteiger partial charge in [0, 0.05) is 4.47 Å². The molecule has 12 heavy (non-hydrogen) atoms. The third-order valence-electron chi connectivity index (χ3n) is 1.47. The van der Waals surface area contributed by atoms with E-state index in [9.17, 15) is 0 Å². The molecule has 0 aliphatic carbocycles. The van der Waals surface area contributed by atoms with E-state index < -0.39 is 0 Å². The smallest absolute Gasteiger partial charge is 0.126 e. The number of hydrogen-bond donors (Lipinski definition) is 0. The highest BCUT2D eigenvalue weighted by Crippen LogP contribution is 2.25. The van der Waals surface area contributed by atoms with Crippen LogP contribution < -0.4 is 0 Å². The lowest BCUT2D eigenvalue weighted by Gasteiger charge is -2.03. The van der Waals surface area contributed by atoms with Crippen molar-refractivity contribution in [2.75, 3.05) is 0 Å². The summed E-state index contributed by atoms with van der Waals surface area (Å²) >= 11 is 6.65. The molecule has 0 N–H and O–H groups in total. The van der Waals surface area contributed by atoms with E-state index in [1.54, 1.807) is 0 Å². The molecular formula is C9H7Br2N.